The largest absolute Gasteiger partial charge is 4.00 e. The van der Waals surface area contributed by atoms with Crippen LogP contribution in [0.4, 0.5) is 0 Å². The van der Waals surface area contributed by atoms with Gasteiger partial charge >= 0.3 is 25.8 Å². The van der Waals surface area contributed by atoms with E-state index < -0.39 is 0 Å². The molecule has 74 valence electrons. The molecule has 0 aliphatic carbocycles. The number of hydrogen-bond acceptors (Lipinski definition) is 2. The van der Waals surface area contributed by atoms with Crippen LogP contribution in [0.5, 0.6) is 0 Å². The van der Waals surface area contributed by atoms with E-state index in [-0.39, 0.29) is 46.5 Å². The average molecular weight is 349 g/mol. The van der Waals surface area contributed by atoms with Crippen molar-refractivity contribution in [2.75, 3.05) is 13.2 Å². The Morgan fingerprint density at radius 2 is 1.23 bits per heavy atom. The van der Waals surface area contributed by atoms with E-state index in [0.29, 0.717) is 0 Å². The second-order valence-corrected chi connectivity index (χ2v) is 1.54. The van der Waals surface area contributed by atoms with Gasteiger partial charge in [-0.25, -0.2) is 12.1 Å². The molecule has 0 aliphatic heterocycles. The average Bonchev–Trinajstić information content (AvgIpc) is 2.44. The topological polar surface area (TPSA) is 46.1 Å². The predicted octanol–water partition coefficient (Wildman–Crippen LogP) is 0.586. The molecule has 0 fully saturated rings. The van der Waals surface area contributed by atoms with Crippen molar-refractivity contribution in [1.82, 2.24) is 0 Å². The Morgan fingerprint density at radius 3 is 1.31 bits per heavy atom. The van der Waals surface area contributed by atoms with Crippen molar-refractivity contribution in [1.29, 1.82) is 0 Å². The van der Waals surface area contributed by atoms with Crippen molar-refractivity contribution in [2.24, 2.45) is 0 Å². The van der Waals surface area contributed by atoms with Crippen molar-refractivity contribution in [3.05, 3.63) is 37.8 Å². The fraction of sp³-hybridized carbons (Fsp3) is 0.400. The summed E-state index contributed by atoms with van der Waals surface area (Å²) in [6.45, 7) is 3.14. The van der Waals surface area contributed by atoms with Gasteiger partial charge in [-0.05, 0) is 0 Å². The number of hydrogen-bond donors (Lipinski definition) is 0. The van der Waals surface area contributed by atoms with Crippen LogP contribution in [0.15, 0.2) is 30.3 Å². The SMILES string of the molecule is CC[O-].CC[O-].[CH3-].[Hf+4].c1cc[cH-]c1. The molecule has 0 saturated carbocycles. The summed E-state index contributed by atoms with van der Waals surface area (Å²) in [5.41, 5.74) is 0. The molecule has 1 aromatic carbocycles. The molecule has 2 nitrogen and oxygen atoms in total. The van der Waals surface area contributed by atoms with Crippen molar-refractivity contribution < 1.29 is 36.1 Å². The summed E-state index contributed by atoms with van der Waals surface area (Å²) in [5, 5.41) is 17.9. The Kier molecular flexibility index (Phi) is 52.7. The molecule has 13 heavy (non-hydrogen) atoms. The van der Waals surface area contributed by atoms with E-state index in [1.807, 2.05) is 30.3 Å². The second kappa shape index (κ2) is 29.6. The smallest absolute Gasteiger partial charge is 0.855 e. The van der Waals surface area contributed by atoms with Crippen LogP contribution in [0, 0.1) is 7.43 Å². The fourth-order valence-corrected chi connectivity index (χ4v) is 0.321. The van der Waals surface area contributed by atoms with Gasteiger partial charge in [-0.2, -0.15) is 18.2 Å². The van der Waals surface area contributed by atoms with Crippen LogP contribution in [0.2, 0.25) is 0 Å². The van der Waals surface area contributed by atoms with Gasteiger partial charge in [-0.3, -0.25) is 0 Å². The van der Waals surface area contributed by atoms with Crippen LogP contribution in [-0.4, -0.2) is 13.2 Å². The van der Waals surface area contributed by atoms with Gasteiger partial charge in [0.1, 0.15) is 0 Å². The Balaban J connectivity index is -0.0000000461. The third-order valence-electron chi connectivity index (χ3n) is 0.556. The van der Waals surface area contributed by atoms with Gasteiger partial charge in [0, 0.05) is 0 Å². The van der Waals surface area contributed by atoms with Crippen LogP contribution >= 0.6 is 0 Å². The van der Waals surface area contributed by atoms with Crippen molar-refractivity contribution >= 4 is 0 Å². The molecule has 0 spiro atoms. The third kappa shape index (κ3) is 47.2. The van der Waals surface area contributed by atoms with E-state index in [0.717, 1.165) is 0 Å². The number of rotatable bonds is 0. The van der Waals surface area contributed by atoms with Crippen LogP contribution in [0.3, 0.4) is 0 Å². The van der Waals surface area contributed by atoms with Crippen LogP contribution < -0.4 is 10.2 Å². The van der Waals surface area contributed by atoms with Crippen LogP contribution in [0.1, 0.15) is 13.8 Å². The van der Waals surface area contributed by atoms with Gasteiger partial charge < -0.3 is 17.6 Å². The van der Waals surface area contributed by atoms with Gasteiger partial charge in [0.05, 0.1) is 0 Å². The molecule has 0 radical (unpaired) electrons. The molecular weight excluding hydrogens is 331 g/mol. The zero-order valence-electron chi connectivity index (χ0n) is 8.62. The third-order valence-corrected chi connectivity index (χ3v) is 0.556. The zero-order chi connectivity index (χ0) is 8.95. The first kappa shape index (κ1) is 23.2. The van der Waals surface area contributed by atoms with Crippen molar-refractivity contribution in [3.8, 4) is 0 Å². The standard InChI is InChI=1S/C5H5.2C2H5O.CH3.Hf/c1-2-4-5-3-1;2*1-2-3;;/h1-5H;2*2H2,1H3;1H3;/q4*-1;+4. The van der Waals surface area contributed by atoms with E-state index in [4.69, 9.17) is 10.2 Å². The van der Waals surface area contributed by atoms with E-state index in [1.165, 1.54) is 0 Å². The zero-order valence-corrected chi connectivity index (χ0v) is 12.2. The molecule has 1 aromatic rings. The molecule has 0 aromatic heterocycles. The minimum atomic E-state index is 0. The quantitative estimate of drug-likeness (QED) is 0.509. The predicted molar refractivity (Wildman–Crippen MR) is 49.5 cm³/mol. The fourth-order valence-electron chi connectivity index (χ4n) is 0.321. The summed E-state index contributed by atoms with van der Waals surface area (Å²) in [6, 6.07) is 10.0. The van der Waals surface area contributed by atoms with E-state index in [1.54, 1.807) is 13.8 Å². The summed E-state index contributed by atoms with van der Waals surface area (Å²) in [5.74, 6) is 0. The maximum Gasteiger partial charge on any atom is 4.00 e. The maximum atomic E-state index is 8.93. The molecule has 0 N–H and O–H groups in total. The summed E-state index contributed by atoms with van der Waals surface area (Å²) in [6.07, 6.45) is 0. The van der Waals surface area contributed by atoms with Crippen molar-refractivity contribution in [3.63, 3.8) is 0 Å². The molecule has 1 rings (SSSR count). The van der Waals surface area contributed by atoms with Gasteiger partial charge in [0.25, 0.3) is 0 Å². The molecule has 0 amide bonds. The van der Waals surface area contributed by atoms with Crippen molar-refractivity contribution in [2.45, 2.75) is 13.8 Å². The Bertz CT molecular complexity index is 88.4. The molecule has 0 atom stereocenters. The summed E-state index contributed by atoms with van der Waals surface area (Å²) in [4.78, 5) is 0. The summed E-state index contributed by atoms with van der Waals surface area (Å²) < 4.78 is 0. The van der Waals surface area contributed by atoms with E-state index in [9.17, 15) is 0 Å². The van der Waals surface area contributed by atoms with E-state index in [2.05, 4.69) is 0 Å². The normalized spacial score (nSPS) is 5.85. The van der Waals surface area contributed by atoms with Crippen LogP contribution in [-0.2, 0) is 25.8 Å². The summed E-state index contributed by atoms with van der Waals surface area (Å²) >= 11 is 0. The monoisotopic (exact) mass is 350 g/mol. The maximum absolute atomic E-state index is 8.93. The minimum absolute atomic E-state index is 0. The summed E-state index contributed by atoms with van der Waals surface area (Å²) in [7, 11) is 0. The Morgan fingerprint density at radius 1 is 1.00 bits per heavy atom. The van der Waals surface area contributed by atoms with E-state index >= 15 is 0 Å². The first-order valence-corrected chi connectivity index (χ1v) is 3.66. The molecule has 0 bridgehead atoms. The molecule has 0 aliphatic rings. The van der Waals surface area contributed by atoms with Gasteiger partial charge in [-0.1, -0.05) is 13.8 Å². The second-order valence-electron chi connectivity index (χ2n) is 1.54. The molecular formula is C10H18HfO2. The first-order valence-electron chi connectivity index (χ1n) is 3.66. The molecule has 0 heterocycles. The van der Waals surface area contributed by atoms with Gasteiger partial charge in [-0.15, -0.1) is 13.2 Å². The minimum Gasteiger partial charge on any atom is -0.855 e. The van der Waals surface area contributed by atoms with Gasteiger partial charge in [0.15, 0.2) is 0 Å². The first-order chi connectivity index (χ1) is 5.33. The van der Waals surface area contributed by atoms with Gasteiger partial charge in [0.2, 0.25) is 0 Å². The Hall–Kier alpha value is 0.140. The molecule has 0 saturated heterocycles. The Labute approximate surface area is 101 Å². The molecule has 0 unspecified atom stereocenters. The van der Waals surface area contributed by atoms with Crippen LogP contribution in [0.25, 0.3) is 0 Å². The molecule has 3 heteroatoms.